The first-order valence-electron chi connectivity index (χ1n) is 7.45. The van der Waals surface area contributed by atoms with Crippen LogP contribution in [0, 0.1) is 0 Å². The van der Waals surface area contributed by atoms with Crippen LogP contribution in [0.5, 0.6) is 0 Å². The van der Waals surface area contributed by atoms with E-state index in [1.54, 1.807) is 20.8 Å². The number of carbonyl (C=O) groups excluding carboxylic acids is 2. The SMILES string of the molecule is CC(C)(C)OC(=O)N1CCC(N2CCN(C(=O)O)CC2)C1=O. The van der Waals surface area contributed by atoms with Crippen molar-refractivity contribution in [3.05, 3.63) is 0 Å². The minimum absolute atomic E-state index is 0.252. The molecule has 0 bridgehead atoms. The molecule has 8 heteroatoms. The largest absolute Gasteiger partial charge is 0.465 e. The number of likely N-dealkylation sites (tertiary alicyclic amines) is 1. The van der Waals surface area contributed by atoms with Crippen molar-refractivity contribution in [1.82, 2.24) is 14.7 Å². The van der Waals surface area contributed by atoms with E-state index in [0.717, 1.165) is 4.90 Å². The average Bonchev–Trinajstić information content (AvgIpc) is 2.79. The second-order valence-corrected chi connectivity index (χ2v) is 6.58. The lowest BCUT2D eigenvalue weighted by Gasteiger charge is -2.35. The summed E-state index contributed by atoms with van der Waals surface area (Å²) in [6.45, 7) is 7.39. The zero-order valence-corrected chi connectivity index (χ0v) is 13.2. The van der Waals surface area contributed by atoms with E-state index in [4.69, 9.17) is 9.84 Å². The van der Waals surface area contributed by atoms with Crippen LogP contribution in [-0.4, -0.2) is 82.3 Å². The predicted octanol–water partition coefficient (Wildman–Crippen LogP) is 0.818. The smallest absolute Gasteiger partial charge is 0.417 e. The fourth-order valence-electron chi connectivity index (χ4n) is 2.73. The van der Waals surface area contributed by atoms with Gasteiger partial charge in [0.2, 0.25) is 5.91 Å². The molecule has 0 spiro atoms. The van der Waals surface area contributed by atoms with Gasteiger partial charge in [0.05, 0.1) is 6.04 Å². The number of amides is 3. The van der Waals surface area contributed by atoms with Crippen molar-refractivity contribution >= 4 is 18.1 Å². The molecule has 2 rings (SSSR count). The Morgan fingerprint density at radius 1 is 1.14 bits per heavy atom. The van der Waals surface area contributed by atoms with Crippen molar-refractivity contribution < 1.29 is 24.2 Å². The Balaban J connectivity index is 1.92. The van der Waals surface area contributed by atoms with Crippen LogP contribution in [-0.2, 0) is 9.53 Å². The zero-order valence-electron chi connectivity index (χ0n) is 13.2. The van der Waals surface area contributed by atoms with E-state index in [9.17, 15) is 14.4 Å². The van der Waals surface area contributed by atoms with Gasteiger partial charge < -0.3 is 14.7 Å². The molecule has 2 fully saturated rings. The first kappa shape index (κ1) is 16.5. The minimum Gasteiger partial charge on any atom is -0.465 e. The highest BCUT2D eigenvalue weighted by Gasteiger charge is 2.41. The summed E-state index contributed by atoms with van der Waals surface area (Å²) < 4.78 is 5.24. The van der Waals surface area contributed by atoms with Gasteiger partial charge in [-0.05, 0) is 27.2 Å². The van der Waals surface area contributed by atoms with Crippen LogP contribution in [0.2, 0.25) is 0 Å². The van der Waals surface area contributed by atoms with E-state index in [1.165, 1.54) is 4.90 Å². The van der Waals surface area contributed by atoms with Gasteiger partial charge in [0.1, 0.15) is 5.60 Å². The lowest BCUT2D eigenvalue weighted by molar-refractivity contribution is -0.131. The summed E-state index contributed by atoms with van der Waals surface area (Å²) in [5, 5.41) is 8.94. The van der Waals surface area contributed by atoms with Crippen LogP contribution in [0.25, 0.3) is 0 Å². The van der Waals surface area contributed by atoms with E-state index >= 15 is 0 Å². The number of nitrogens with zero attached hydrogens (tertiary/aromatic N) is 3. The predicted molar refractivity (Wildman–Crippen MR) is 77.5 cm³/mol. The Bertz CT molecular complexity index is 466. The molecule has 2 aliphatic heterocycles. The van der Waals surface area contributed by atoms with Crippen LogP contribution in [0.3, 0.4) is 0 Å². The molecule has 124 valence electrons. The molecular weight excluding hydrogens is 290 g/mol. The van der Waals surface area contributed by atoms with Crippen molar-refractivity contribution in [2.45, 2.75) is 38.8 Å². The van der Waals surface area contributed by atoms with Gasteiger partial charge in [0.15, 0.2) is 0 Å². The molecule has 1 unspecified atom stereocenters. The minimum atomic E-state index is -0.937. The summed E-state index contributed by atoms with van der Waals surface area (Å²) in [7, 11) is 0. The molecule has 0 aromatic rings. The summed E-state index contributed by atoms with van der Waals surface area (Å²) in [5.41, 5.74) is -0.636. The first-order chi connectivity index (χ1) is 10.2. The van der Waals surface area contributed by atoms with Gasteiger partial charge in [-0.2, -0.15) is 0 Å². The Kier molecular flexibility index (Phi) is 4.60. The van der Waals surface area contributed by atoms with Crippen LogP contribution in [0.4, 0.5) is 9.59 Å². The molecule has 0 aliphatic carbocycles. The number of piperazine rings is 1. The lowest BCUT2D eigenvalue weighted by Crippen LogP contribution is -2.54. The topological polar surface area (TPSA) is 90.4 Å². The third-order valence-electron chi connectivity index (χ3n) is 3.82. The van der Waals surface area contributed by atoms with Gasteiger partial charge in [0.25, 0.3) is 0 Å². The Morgan fingerprint density at radius 3 is 2.23 bits per heavy atom. The molecule has 8 nitrogen and oxygen atoms in total. The van der Waals surface area contributed by atoms with E-state index < -0.39 is 17.8 Å². The van der Waals surface area contributed by atoms with Crippen LogP contribution in [0.15, 0.2) is 0 Å². The zero-order chi connectivity index (χ0) is 16.5. The number of carboxylic acid groups (broad SMARTS) is 1. The third kappa shape index (κ3) is 3.68. The highest BCUT2D eigenvalue weighted by atomic mass is 16.6. The second kappa shape index (κ2) is 6.12. The summed E-state index contributed by atoms with van der Waals surface area (Å²) in [5.74, 6) is -0.252. The third-order valence-corrected chi connectivity index (χ3v) is 3.82. The van der Waals surface area contributed by atoms with Crippen molar-refractivity contribution in [2.24, 2.45) is 0 Å². The maximum absolute atomic E-state index is 12.4. The highest BCUT2D eigenvalue weighted by molar-refractivity contribution is 5.96. The van der Waals surface area contributed by atoms with Crippen LogP contribution in [0.1, 0.15) is 27.2 Å². The molecule has 0 saturated carbocycles. The van der Waals surface area contributed by atoms with Gasteiger partial charge in [0, 0.05) is 32.7 Å². The standard InChI is InChI=1S/C14H23N3O5/c1-14(2,3)22-13(21)17-5-4-10(11(17)18)15-6-8-16(9-7-15)12(19)20/h10H,4-9H2,1-3H3,(H,19,20). The number of hydrogen-bond acceptors (Lipinski definition) is 5. The van der Waals surface area contributed by atoms with Crippen molar-refractivity contribution in [3.8, 4) is 0 Å². The summed E-state index contributed by atoms with van der Waals surface area (Å²) in [6.07, 6.45) is -0.984. The molecular formula is C14H23N3O5. The number of imide groups is 1. The second-order valence-electron chi connectivity index (χ2n) is 6.58. The van der Waals surface area contributed by atoms with E-state index in [2.05, 4.69) is 0 Å². The fraction of sp³-hybridized carbons (Fsp3) is 0.786. The number of hydrogen-bond donors (Lipinski definition) is 1. The summed E-state index contributed by atoms with van der Waals surface area (Å²) in [6, 6.07) is -0.358. The normalized spacial score (nSPS) is 23.8. The molecule has 0 aromatic heterocycles. The van der Waals surface area contributed by atoms with Crippen molar-refractivity contribution in [2.75, 3.05) is 32.7 Å². The molecule has 1 atom stereocenters. The van der Waals surface area contributed by atoms with Gasteiger partial charge >= 0.3 is 12.2 Å². The van der Waals surface area contributed by atoms with Gasteiger partial charge in [-0.1, -0.05) is 0 Å². The Hall–Kier alpha value is -1.83. The molecule has 0 radical (unpaired) electrons. The Morgan fingerprint density at radius 2 is 1.73 bits per heavy atom. The molecule has 3 amide bonds. The van der Waals surface area contributed by atoms with E-state index in [0.29, 0.717) is 39.1 Å². The lowest BCUT2D eigenvalue weighted by atomic mass is 10.2. The van der Waals surface area contributed by atoms with E-state index in [-0.39, 0.29) is 11.9 Å². The Labute approximate surface area is 129 Å². The quantitative estimate of drug-likeness (QED) is 0.770. The maximum Gasteiger partial charge on any atom is 0.417 e. The highest BCUT2D eigenvalue weighted by Crippen LogP contribution is 2.21. The van der Waals surface area contributed by atoms with Crippen molar-refractivity contribution in [3.63, 3.8) is 0 Å². The molecule has 2 saturated heterocycles. The molecule has 22 heavy (non-hydrogen) atoms. The van der Waals surface area contributed by atoms with Gasteiger partial charge in [-0.3, -0.25) is 9.69 Å². The number of rotatable bonds is 1. The molecule has 2 heterocycles. The average molecular weight is 313 g/mol. The van der Waals surface area contributed by atoms with E-state index in [1.807, 2.05) is 4.90 Å². The van der Waals surface area contributed by atoms with Crippen molar-refractivity contribution in [1.29, 1.82) is 0 Å². The number of ether oxygens (including phenoxy) is 1. The van der Waals surface area contributed by atoms with Gasteiger partial charge in [-0.15, -0.1) is 0 Å². The maximum atomic E-state index is 12.4. The molecule has 0 aromatic carbocycles. The monoisotopic (exact) mass is 313 g/mol. The van der Waals surface area contributed by atoms with Crippen LogP contribution >= 0.6 is 0 Å². The summed E-state index contributed by atoms with van der Waals surface area (Å²) >= 11 is 0. The molecule has 1 N–H and O–H groups in total. The summed E-state index contributed by atoms with van der Waals surface area (Å²) in [4.78, 5) is 39.8. The fourth-order valence-corrected chi connectivity index (χ4v) is 2.73. The molecule has 2 aliphatic rings. The first-order valence-corrected chi connectivity index (χ1v) is 7.45. The van der Waals surface area contributed by atoms with Crippen LogP contribution < -0.4 is 0 Å². The number of carbonyl (C=O) groups is 3. The van der Waals surface area contributed by atoms with Gasteiger partial charge in [-0.25, -0.2) is 14.5 Å².